The second-order valence-corrected chi connectivity index (χ2v) is 7.30. The van der Waals surface area contributed by atoms with Crippen LogP contribution >= 0.6 is 0 Å². The second-order valence-electron chi connectivity index (χ2n) is 7.30. The SMILES string of the molecule is CC(=O)N(C)C[C@H]1[C@@H](c2ccc(-c3ccc(F)cc3)cc2)[C@@H](CO)N1C(C)=O. The minimum Gasteiger partial charge on any atom is -0.394 e. The Morgan fingerprint density at radius 2 is 1.54 bits per heavy atom. The van der Waals surface area contributed by atoms with Crippen molar-refractivity contribution >= 4 is 11.8 Å². The Morgan fingerprint density at radius 3 is 2.00 bits per heavy atom. The predicted octanol–water partition coefficient (Wildman–Crippen LogP) is 2.65. The van der Waals surface area contributed by atoms with E-state index in [0.29, 0.717) is 6.54 Å². The van der Waals surface area contributed by atoms with Crippen LogP contribution in [0.1, 0.15) is 25.3 Å². The van der Waals surface area contributed by atoms with Crippen LogP contribution in [0, 0.1) is 5.82 Å². The van der Waals surface area contributed by atoms with Gasteiger partial charge in [0.1, 0.15) is 5.82 Å². The molecule has 3 atom stereocenters. The maximum atomic E-state index is 13.1. The van der Waals surface area contributed by atoms with E-state index in [1.807, 2.05) is 24.3 Å². The van der Waals surface area contributed by atoms with Crippen LogP contribution in [0.5, 0.6) is 0 Å². The third kappa shape index (κ3) is 3.78. The number of carbonyl (C=O) groups is 2. The lowest BCUT2D eigenvalue weighted by molar-refractivity contribution is -0.151. The standard InChI is InChI=1S/C22H25FN2O3/c1-14(27)24(3)12-20-22(21(13-26)25(20)15(2)28)18-6-4-16(5-7-18)17-8-10-19(23)11-9-17/h4-11,20-22,26H,12-13H2,1-3H3/t20-,21+,22+/m0/s1. The monoisotopic (exact) mass is 384 g/mol. The van der Waals surface area contributed by atoms with Crippen LogP contribution in [0.2, 0.25) is 0 Å². The van der Waals surface area contributed by atoms with Gasteiger partial charge in [-0.25, -0.2) is 4.39 Å². The maximum absolute atomic E-state index is 13.1. The number of amides is 2. The predicted molar refractivity (Wildman–Crippen MR) is 105 cm³/mol. The van der Waals surface area contributed by atoms with E-state index < -0.39 is 0 Å². The Morgan fingerprint density at radius 1 is 1.00 bits per heavy atom. The van der Waals surface area contributed by atoms with Crippen molar-refractivity contribution < 1.29 is 19.1 Å². The van der Waals surface area contributed by atoms with Crippen LogP contribution in [-0.4, -0.2) is 59.0 Å². The van der Waals surface area contributed by atoms with Crippen molar-refractivity contribution in [1.82, 2.24) is 9.80 Å². The summed E-state index contributed by atoms with van der Waals surface area (Å²) in [5, 5.41) is 9.85. The molecule has 1 fully saturated rings. The van der Waals surface area contributed by atoms with Crippen LogP contribution in [-0.2, 0) is 9.59 Å². The maximum Gasteiger partial charge on any atom is 0.220 e. The van der Waals surface area contributed by atoms with Crippen LogP contribution < -0.4 is 0 Å². The summed E-state index contributed by atoms with van der Waals surface area (Å²) in [6.45, 7) is 3.25. The summed E-state index contributed by atoms with van der Waals surface area (Å²) in [4.78, 5) is 27.0. The molecule has 2 amide bonds. The summed E-state index contributed by atoms with van der Waals surface area (Å²) < 4.78 is 13.1. The van der Waals surface area contributed by atoms with Crippen molar-refractivity contribution in [3.05, 3.63) is 59.9 Å². The number of aliphatic hydroxyl groups excluding tert-OH is 1. The van der Waals surface area contributed by atoms with E-state index in [4.69, 9.17) is 0 Å². The molecule has 1 saturated heterocycles. The molecule has 2 aromatic rings. The number of hydrogen-bond donors (Lipinski definition) is 1. The number of benzene rings is 2. The lowest BCUT2D eigenvalue weighted by Gasteiger charge is -2.55. The van der Waals surface area contributed by atoms with Gasteiger partial charge >= 0.3 is 0 Å². The van der Waals surface area contributed by atoms with Crippen LogP contribution in [0.3, 0.4) is 0 Å². The average Bonchev–Trinajstić information content (AvgIpc) is 2.65. The van der Waals surface area contributed by atoms with Crippen LogP contribution in [0.25, 0.3) is 11.1 Å². The molecule has 0 unspecified atom stereocenters. The first-order chi connectivity index (χ1) is 13.3. The molecule has 0 bridgehead atoms. The van der Waals surface area contributed by atoms with E-state index in [0.717, 1.165) is 16.7 Å². The molecular formula is C22H25FN2O3. The zero-order chi connectivity index (χ0) is 20.4. The molecule has 1 aliphatic heterocycles. The average molecular weight is 384 g/mol. The third-order valence-electron chi connectivity index (χ3n) is 5.57. The Labute approximate surface area is 164 Å². The number of nitrogens with zero attached hydrogens (tertiary/aromatic N) is 2. The van der Waals surface area contributed by atoms with E-state index in [2.05, 4.69) is 0 Å². The highest BCUT2D eigenvalue weighted by Crippen LogP contribution is 2.41. The number of carbonyl (C=O) groups excluding carboxylic acids is 2. The first-order valence-corrected chi connectivity index (χ1v) is 9.31. The lowest BCUT2D eigenvalue weighted by atomic mass is 9.74. The van der Waals surface area contributed by atoms with Crippen molar-refractivity contribution in [2.75, 3.05) is 20.2 Å². The molecule has 0 saturated carbocycles. The van der Waals surface area contributed by atoms with Gasteiger partial charge in [-0.05, 0) is 28.8 Å². The molecule has 0 spiro atoms. The summed E-state index contributed by atoms with van der Waals surface area (Å²) in [7, 11) is 1.71. The molecule has 1 aliphatic rings. The molecular weight excluding hydrogens is 359 g/mol. The molecule has 28 heavy (non-hydrogen) atoms. The van der Waals surface area contributed by atoms with Crippen molar-refractivity contribution in [2.45, 2.75) is 31.8 Å². The van der Waals surface area contributed by atoms with Gasteiger partial charge in [0.2, 0.25) is 11.8 Å². The summed E-state index contributed by atoms with van der Waals surface area (Å²) in [6.07, 6.45) is 0. The first-order valence-electron chi connectivity index (χ1n) is 9.31. The van der Waals surface area contributed by atoms with Gasteiger partial charge in [-0.3, -0.25) is 9.59 Å². The van der Waals surface area contributed by atoms with Crippen molar-refractivity contribution in [3.63, 3.8) is 0 Å². The molecule has 148 valence electrons. The molecule has 5 nitrogen and oxygen atoms in total. The summed E-state index contributed by atoms with van der Waals surface area (Å²) in [6, 6.07) is 13.7. The molecule has 1 heterocycles. The first kappa shape index (κ1) is 20.0. The van der Waals surface area contributed by atoms with Crippen molar-refractivity contribution in [3.8, 4) is 11.1 Å². The normalized spacial score (nSPS) is 21.2. The smallest absolute Gasteiger partial charge is 0.220 e. The van der Waals surface area contributed by atoms with E-state index in [1.54, 1.807) is 29.0 Å². The van der Waals surface area contributed by atoms with Gasteiger partial charge in [0.15, 0.2) is 0 Å². The molecule has 2 aromatic carbocycles. The number of aliphatic hydroxyl groups is 1. The van der Waals surface area contributed by atoms with E-state index in [9.17, 15) is 19.1 Å². The van der Waals surface area contributed by atoms with Gasteiger partial charge in [0.05, 0.1) is 18.7 Å². The summed E-state index contributed by atoms with van der Waals surface area (Å²) in [5.41, 5.74) is 2.88. The van der Waals surface area contributed by atoms with E-state index in [1.165, 1.54) is 26.0 Å². The van der Waals surface area contributed by atoms with Gasteiger partial charge in [0.25, 0.3) is 0 Å². The van der Waals surface area contributed by atoms with E-state index in [-0.39, 0.29) is 42.2 Å². The number of halogens is 1. The van der Waals surface area contributed by atoms with Gasteiger partial charge in [0, 0.05) is 33.4 Å². The lowest BCUT2D eigenvalue weighted by Crippen LogP contribution is -2.68. The number of hydrogen-bond acceptors (Lipinski definition) is 3. The van der Waals surface area contributed by atoms with Gasteiger partial charge < -0.3 is 14.9 Å². The van der Waals surface area contributed by atoms with Crippen LogP contribution in [0.15, 0.2) is 48.5 Å². The largest absolute Gasteiger partial charge is 0.394 e. The fraction of sp³-hybridized carbons (Fsp3) is 0.364. The Balaban J connectivity index is 1.87. The number of rotatable bonds is 5. The van der Waals surface area contributed by atoms with Gasteiger partial charge in [-0.15, -0.1) is 0 Å². The highest BCUT2D eigenvalue weighted by Gasteiger charge is 2.50. The molecule has 6 heteroatoms. The molecule has 0 aliphatic carbocycles. The summed E-state index contributed by atoms with van der Waals surface area (Å²) >= 11 is 0. The van der Waals surface area contributed by atoms with E-state index >= 15 is 0 Å². The Bertz CT molecular complexity index is 851. The minimum atomic E-state index is -0.306. The number of likely N-dealkylation sites (N-methyl/N-ethyl adjacent to an activating group) is 1. The fourth-order valence-electron chi connectivity index (χ4n) is 4.01. The van der Waals surface area contributed by atoms with Gasteiger partial charge in [-0.1, -0.05) is 36.4 Å². The summed E-state index contributed by atoms with van der Waals surface area (Å²) in [5.74, 6) is -0.512. The van der Waals surface area contributed by atoms with Gasteiger partial charge in [-0.2, -0.15) is 0 Å². The highest BCUT2D eigenvalue weighted by atomic mass is 19.1. The van der Waals surface area contributed by atoms with Crippen molar-refractivity contribution in [1.29, 1.82) is 0 Å². The highest BCUT2D eigenvalue weighted by molar-refractivity contribution is 5.77. The Hall–Kier alpha value is -2.73. The zero-order valence-electron chi connectivity index (χ0n) is 16.3. The fourth-order valence-corrected chi connectivity index (χ4v) is 4.01. The Kier molecular flexibility index (Phi) is 5.79. The molecule has 3 rings (SSSR count). The molecule has 0 aromatic heterocycles. The quantitative estimate of drug-likeness (QED) is 0.862. The minimum absolute atomic E-state index is 0.0574. The topological polar surface area (TPSA) is 60.9 Å². The zero-order valence-corrected chi connectivity index (χ0v) is 16.3. The second kappa shape index (κ2) is 8.10. The third-order valence-corrected chi connectivity index (χ3v) is 5.57. The molecule has 0 radical (unpaired) electrons. The molecule has 1 N–H and O–H groups in total. The number of likely N-dealkylation sites (tertiary alicyclic amines) is 1. The van der Waals surface area contributed by atoms with Crippen LogP contribution in [0.4, 0.5) is 4.39 Å². The van der Waals surface area contributed by atoms with Crippen molar-refractivity contribution in [2.24, 2.45) is 0 Å².